The number of pyridine rings is 1. The second kappa shape index (κ2) is 6.77. The lowest BCUT2D eigenvalue weighted by molar-refractivity contribution is 0.180. The van der Waals surface area contributed by atoms with Crippen LogP contribution in [0.2, 0.25) is 0 Å². The molecule has 0 bridgehead atoms. The lowest BCUT2D eigenvalue weighted by Gasteiger charge is -2.33. The summed E-state index contributed by atoms with van der Waals surface area (Å²) < 4.78 is 31.3. The van der Waals surface area contributed by atoms with E-state index in [1.54, 1.807) is 13.1 Å². The highest BCUT2D eigenvalue weighted by Crippen LogP contribution is 2.16. The van der Waals surface area contributed by atoms with Gasteiger partial charge < -0.3 is 4.52 Å². The second-order valence-electron chi connectivity index (χ2n) is 5.70. The molecule has 23 heavy (non-hydrogen) atoms. The van der Waals surface area contributed by atoms with Gasteiger partial charge >= 0.3 is 0 Å². The fraction of sp³-hybridized carbons (Fsp3) is 0.467. The minimum atomic E-state index is -3.36. The van der Waals surface area contributed by atoms with Crippen LogP contribution in [-0.4, -0.2) is 53.9 Å². The van der Waals surface area contributed by atoms with E-state index in [4.69, 9.17) is 4.52 Å². The number of piperazine rings is 1. The molecule has 2 aromatic rings. The zero-order chi connectivity index (χ0) is 16.3. The molecule has 2 aromatic heterocycles. The Kier molecular flexibility index (Phi) is 4.74. The molecule has 1 fully saturated rings. The molecule has 1 saturated heterocycles. The highest BCUT2D eigenvalue weighted by atomic mass is 32.2. The van der Waals surface area contributed by atoms with Crippen LogP contribution in [0.5, 0.6) is 0 Å². The lowest BCUT2D eigenvalue weighted by atomic mass is 10.3. The van der Waals surface area contributed by atoms with Gasteiger partial charge in [0, 0.05) is 44.5 Å². The average Bonchev–Trinajstić information content (AvgIpc) is 2.93. The molecule has 0 aromatic carbocycles. The Labute approximate surface area is 136 Å². The summed E-state index contributed by atoms with van der Waals surface area (Å²) >= 11 is 0. The quantitative estimate of drug-likeness (QED) is 0.811. The van der Waals surface area contributed by atoms with E-state index in [2.05, 4.69) is 15.0 Å². The Morgan fingerprint density at radius 1 is 1.22 bits per heavy atom. The topological polar surface area (TPSA) is 79.5 Å². The zero-order valence-corrected chi connectivity index (χ0v) is 13.9. The van der Waals surface area contributed by atoms with Crippen molar-refractivity contribution in [3.05, 3.63) is 47.6 Å². The van der Waals surface area contributed by atoms with Crippen molar-refractivity contribution in [2.75, 3.05) is 26.2 Å². The first-order valence-electron chi connectivity index (χ1n) is 7.54. The molecule has 8 heteroatoms. The van der Waals surface area contributed by atoms with E-state index in [0.717, 1.165) is 17.8 Å². The standard InChI is InChI=1S/C15H20N4O3S/c1-13-11-22-17-15(13)12-23(20,21)19-8-6-18(7-9-19)10-14-4-2-3-5-16-14/h2-5,11H,6-10,12H2,1H3. The molecule has 124 valence electrons. The van der Waals surface area contributed by atoms with Gasteiger partial charge in [0.2, 0.25) is 10.0 Å². The molecule has 3 rings (SSSR count). The summed E-state index contributed by atoms with van der Waals surface area (Å²) in [5, 5.41) is 3.77. The number of sulfonamides is 1. The van der Waals surface area contributed by atoms with Crippen molar-refractivity contribution in [1.29, 1.82) is 0 Å². The molecule has 0 radical (unpaired) electrons. The summed E-state index contributed by atoms with van der Waals surface area (Å²) in [6.45, 7) is 4.93. The third kappa shape index (κ3) is 3.95. The number of hydrogen-bond acceptors (Lipinski definition) is 6. The van der Waals surface area contributed by atoms with Crippen LogP contribution in [-0.2, 0) is 22.3 Å². The van der Waals surface area contributed by atoms with Crippen LogP contribution in [0.1, 0.15) is 17.0 Å². The SMILES string of the molecule is Cc1conc1CS(=O)(=O)N1CCN(Cc2ccccn2)CC1. The molecule has 3 heterocycles. The van der Waals surface area contributed by atoms with Crippen LogP contribution >= 0.6 is 0 Å². The van der Waals surface area contributed by atoms with E-state index in [1.807, 2.05) is 18.2 Å². The number of nitrogens with zero attached hydrogens (tertiary/aromatic N) is 4. The van der Waals surface area contributed by atoms with Crippen molar-refractivity contribution in [2.45, 2.75) is 19.2 Å². The van der Waals surface area contributed by atoms with Crippen molar-refractivity contribution in [3.8, 4) is 0 Å². The van der Waals surface area contributed by atoms with Gasteiger partial charge in [-0.05, 0) is 19.1 Å². The molecule has 0 aliphatic carbocycles. The molecule has 1 aliphatic heterocycles. The molecule has 0 unspecified atom stereocenters. The molecule has 0 amide bonds. The number of aryl methyl sites for hydroxylation is 1. The summed E-state index contributed by atoms with van der Waals surface area (Å²) in [5.74, 6) is -0.102. The Morgan fingerprint density at radius 2 is 2.00 bits per heavy atom. The van der Waals surface area contributed by atoms with Crippen molar-refractivity contribution in [3.63, 3.8) is 0 Å². The Balaban J connectivity index is 1.57. The first-order valence-corrected chi connectivity index (χ1v) is 9.15. The van der Waals surface area contributed by atoms with Gasteiger partial charge in [0.1, 0.15) is 17.7 Å². The van der Waals surface area contributed by atoms with Gasteiger partial charge in [0.15, 0.2) is 0 Å². The van der Waals surface area contributed by atoms with Gasteiger partial charge in [-0.25, -0.2) is 8.42 Å². The summed E-state index contributed by atoms with van der Waals surface area (Å²) in [7, 11) is -3.36. The maximum absolute atomic E-state index is 12.5. The highest BCUT2D eigenvalue weighted by Gasteiger charge is 2.28. The van der Waals surface area contributed by atoms with E-state index in [1.165, 1.54) is 10.6 Å². The van der Waals surface area contributed by atoms with Gasteiger partial charge in [0.05, 0.1) is 5.69 Å². The van der Waals surface area contributed by atoms with E-state index in [0.29, 0.717) is 31.9 Å². The van der Waals surface area contributed by atoms with E-state index >= 15 is 0 Å². The van der Waals surface area contributed by atoms with Crippen LogP contribution in [0.15, 0.2) is 35.2 Å². The molecule has 7 nitrogen and oxygen atoms in total. The third-order valence-corrected chi connectivity index (χ3v) is 5.79. The lowest BCUT2D eigenvalue weighted by Crippen LogP contribution is -2.48. The van der Waals surface area contributed by atoms with E-state index in [9.17, 15) is 8.42 Å². The molecule has 1 aliphatic rings. The van der Waals surface area contributed by atoms with Gasteiger partial charge in [-0.1, -0.05) is 11.2 Å². The summed E-state index contributed by atoms with van der Waals surface area (Å²) in [6, 6.07) is 5.83. The third-order valence-electron chi connectivity index (χ3n) is 4.00. The molecule has 0 N–H and O–H groups in total. The Morgan fingerprint density at radius 3 is 2.61 bits per heavy atom. The predicted octanol–water partition coefficient (Wildman–Crippen LogP) is 1.03. The first kappa shape index (κ1) is 16.1. The maximum Gasteiger partial charge on any atom is 0.220 e. The summed E-state index contributed by atoms with van der Waals surface area (Å²) in [4.78, 5) is 6.53. The van der Waals surface area contributed by atoms with Crippen LogP contribution in [0, 0.1) is 6.92 Å². The molecule has 0 atom stereocenters. The average molecular weight is 336 g/mol. The Hall–Kier alpha value is -1.77. The van der Waals surface area contributed by atoms with E-state index in [-0.39, 0.29) is 5.75 Å². The second-order valence-corrected chi connectivity index (χ2v) is 7.67. The van der Waals surface area contributed by atoms with Gasteiger partial charge in [-0.3, -0.25) is 9.88 Å². The Bertz CT molecular complexity index is 737. The predicted molar refractivity (Wildman–Crippen MR) is 85.0 cm³/mol. The van der Waals surface area contributed by atoms with Gasteiger partial charge in [-0.15, -0.1) is 0 Å². The fourth-order valence-corrected chi connectivity index (χ4v) is 4.13. The molecular weight excluding hydrogens is 316 g/mol. The van der Waals surface area contributed by atoms with Crippen LogP contribution in [0.25, 0.3) is 0 Å². The van der Waals surface area contributed by atoms with E-state index < -0.39 is 10.0 Å². The number of aromatic nitrogens is 2. The van der Waals surface area contributed by atoms with Crippen LogP contribution < -0.4 is 0 Å². The largest absolute Gasteiger partial charge is 0.364 e. The smallest absolute Gasteiger partial charge is 0.220 e. The van der Waals surface area contributed by atoms with Crippen molar-refractivity contribution in [1.82, 2.24) is 19.3 Å². The first-order chi connectivity index (χ1) is 11.0. The maximum atomic E-state index is 12.5. The molecule has 0 spiro atoms. The van der Waals surface area contributed by atoms with Crippen LogP contribution in [0.4, 0.5) is 0 Å². The zero-order valence-electron chi connectivity index (χ0n) is 13.1. The number of hydrogen-bond donors (Lipinski definition) is 0. The van der Waals surface area contributed by atoms with Crippen LogP contribution in [0.3, 0.4) is 0 Å². The van der Waals surface area contributed by atoms with Gasteiger partial charge in [-0.2, -0.15) is 4.31 Å². The van der Waals surface area contributed by atoms with Gasteiger partial charge in [0.25, 0.3) is 0 Å². The highest BCUT2D eigenvalue weighted by molar-refractivity contribution is 7.88. The molecular formula is C15H20N4O3S. The monoisotopic (exact) mass is 336 g/mol. The molecule has 0 saturated carbocycles. The fourth-order valence-electron chi connectivity index (χ4n) is 2.60. The minimum absolute atomic E-state index is 0.102. The summed E-state index contributed by atoms with van der Waals surface area (Å²) in [5.41, 5.74) is 2.25. The van der Waals surface area contributed by atoms with Crippen molar-refractivity contribution >= 4 is 10.0 Å². The van der Waals surface area contributed by atoms with Crippen molar-refractivity contribution in [2.24, 2.45) is 0 Å². The summed E-state index contributed by atoms with van der Waals surface area (Å²) in [6.07, 6.45) is 3.24. The van der Waals surface area contributed by atoms with Crippen molar-refractivity contribution < 1.29 is 12.9 Å². The normalized spacial score (nSPS) is 17.4. The minimum Gasteiger partial charge on any atom is -0.364 e. The number of rotatable bonds is 5.